The van der Waals surface area contributed by atoms with Crippen LogP contribution in [0.2, 0.25) is 0 Å². The molecule has 1 aliphatic carbocycles. The third kappa shape index (κ3) is 3.65. The first-order chi connectivity index (χ1) is 11.8. The van der Waals surface area contributed by atoms with E-state index >= 15 is 0 Å². The SMILES string of the molecule is CCS(=O)(=O)Nc1ccc(C(=O)N[C@H]2[C@H]3CCO[C@H]3[C@@H]2N(C)C)cc1. The number of fused-ring (bicyclic) bond motifs is 1. The Kier molecular flexibility index (Phi) is 5.04. The standard InChI is InChI=1S/C17H25N3O4S/c1-4-25(22,23)19-12-7-5-11(6-8-12)17(21)18-14-13-9-10-24-16(13)15(14)20(2)3/h5-8,13-16,19H,4,9-10H2,1-3H3,(H,18,21)/t13-,14+,15-,16-/m1/s1. The van der Waals surface area contributed by atoms with Crippen LogP contribution in [0.3, 0.4) is 0 Å². The molecule has 2 aliphatic rings. The van der Waals surface area contributed by atoms with Crippen LogP contribution in [0, 0.1) is 5.92 Å². The van der Waals surface area contributed by atoms with Crippen molar-refractivity contribution in [1.82, 2.24) is 10.2 Å². The van der Waals surface area contributed by atoms with Gasteiger partial charge in [0.1, 0.15) is 0 Å². The highest BCUT2D eigenvalue weighted by Crippen LogP contribution is 2.41. The average Bonchev–Trinajstić information content (AvgIpc) is 2.96. The lowest BCUT2D eigenvalue weighted by Gasteiger charge is -2.50. The highest BCUT2D eigenvalue weighted by molar-refractivity contribution is 7.92. The van der Waals surface area contributed by atoms with Gasteiger partial charge < -0.3 is 15.0 Å². The molecule has 1 aromatic carbocycles. The summed E-state index contributed by atoms with van der Waals surface area (Å²) >= 11 is 0. The molecule has 1 heterocycles. The Morgan fingerprint density at radius 1 is 1.28 bits per heavy atom. The average molecular weight is 367 g/mol. The van der Waals surface area contributed by atoms with Crippen LogP contribution < -0.4 is 10.0 Å². The minimum atomic E-state index is -3.32. The van der Waals surface area contributed by atoms with Crippen LogP contribution in [0.4, 0.5) is 5.69 Å². The fourth-order valence-corrected chi connectivity index (χ4v) is 4.30. The number of benzene rings is 1. The molecular weight excluding hydrogens is 342 g/mol. The zero-order valence-electron chi connectivity index (χ0n) is 14.7. The van der Waals surface area contributed by atoms with Crippen LogP contribution in [0.25, 0.3) is 0 Å². The Balaban J connectivity index is 1.65. The van der Waals surface area contributed by atoms with Gasteiger partial charge in [0.2, 0.25) is 10.0 Å². The number of anilines is 1. The number of hydrogen-bond acceptors (Lipinski definition) is 5. The van der Waals surface area contributed by atoms with Gasteiger partial charge in [-0.1, -0.05) is 0 Å². The van der Waals surface area contributed by atoms with Gasteiger partial charge in [0, 0.05) is 23.8 Å². The summed E-state index contributed by atoms with van der Waals surface area (Å²) in [5.41, 5.74) is 0.969. The van der Waals surface area contributed by atoms with Gasteiger partial charge in [0.05, 0.1) is 23.9 Å². The first kappa shape index (κ1) is 18.2. The first-order valence-corrected chi connectivity index (χ1v) is 10.2. The third-order valence-corrected chi connectivity index (χ3v) is 6.35. The largest absolute Gasteiger partial charge is 0.376 e. The van der Waals surface area contributed by atoms with E-state index in [1.807, 2.05) is 14.1 Å². The van der Waals surface area contributed by atoms with Gasteiger partial charge in [0.25, 0.3) is 5.91 Å². The summed E-state index contributed by atoms with van der Waals surface area (Å²) in [6, 6.07) is 6.74. The smallest absolute Gasteiger partial charge is 0.251 e. The predicted molar refractivity (Wildman–Crippen MR) is 96.1 cm³/mol. The Morgan fingerprint density at radius 2 is 1.96 bits per heavy atom. The number of nitrogens with zero attached hydrogens (tertiary/aromatic N) is 1. The second kappa shape index (κ2) is 6.93. The molecule has 0 aromatic heterocycles. The molecular formula is C17H25N3O4S. The van der Waals surface area contributed by atoms with Gasteiger partial charge in [-0.2, -0.15) is 0 Å². The van der Waals surface area contributed by atoms with Crippen molar-refractivity contribution in [3.8, 4) is 0 Å². The summed E-state index contributed by atoms with van der Waals surface area (Å²) in [4.78, 5) is 14.6. The number of ether oxygens (including phenoxy) is 1. The second-order valence-electron chi connectivity index (χ2n) is 6.82. The molecule has 7 nitrogen and oxygen atoms in total. The van der Waals surface area contributed by atoms with Crippen molar-refractivity contribution in [2.24, 2.45) is 5.92 Å². The van der Waals surface area contributed by atoms with Gasteiger partial charge in [-0.15, -0.1) is 0 Å². The highest BCUT2D eigenvalue weighted by atomic mass is 32.2. The zero-order chi connectivity index (χ0) is 18.2. The molecule has 0 spiro atoms. The van der Waals surface area contributed by atoms with Crippen molar-refractivity contribution < 1.29 is 17.9 Å². The van der Waals surface area contributed by atoms with Crippen LogP contribution in [-0.4, -0.2) is 63.9 Å². The highest BCUT2D eigenvalue weighted by Gasteiger charge is 2.55. The topological polar surface area (TPSA) is 87.7 Å². The summed E-state index contributed by atoms with van der Waals surface area (Å²) in [5.74, 6) is 0.229. The number of nitrogens with one attached hydrogen (secondary N) is 2. The molecule has 1 saturated carbocycles. The molecule has 8 heteroatoms. The van der Waals surface area contributed by atoms with Crippen LogP contribution in [0.1, 0.15) is 23.7 Å². The van der Waals surface area contributed by atoms with Gasteiger partial charge in [-0.05, 0) is 51.7 Å². The first-order valence-electron chi connectivity index (χ1n) is 8.52. The molecule has 2 fully saturated rings. The van der Waals surface area contributed by atoms with E-state index in [0.29, 0.717) is 17.2 Å². The summed E-state index contributed by atoms with van der Waals surface area (Å²) in [5, 5.41) is 3.12. The molecule has 0 radical (unpaired) electrons. The Hall–Kier alpha value is -1.64. The number of carbonyl (C=O) groups excluding carboxylic acids is 1. The lowest BCUT2D eigenvalue weighted by molar-refractivity contribution is -0.0664. The summed E-state index contributed by atoms with van der Waals surface area (Å²) in [6.07, 6.45) is 1.17. The van der Waals surface area contributed by atoms with E-state index in [4.69, 9.17) is 4.74 Å². The lowest BCUT2D eigenvalue weighted by atomic mass is 9.71. The molecule has 0 unspecified atom stereocenters. The molecule has 1 saturated heterocycles. The molecule has 1 aromatic rings. The van der Waals surface area contributed by atoms with Crippen LogP contribution in [-0.2, 0) is 14.8 Å². The number of rotatable bonds is 6. The van der Waals surface area contributed by atoms with E-state index in [1.165, 1.54) is 0 Å². The van der Waals surface area contributed by atoms with Crippen molar-refractivity contribution in [3.05, 3.63) is 29.8 Å². The van der Waals surface area contributed by atoms with Crippen molar-refractivity contribution >= 4 is 21.6 Å². The maximum Gasteiger partial charge on any atom is 0.251 e. The molecule has 0 bridgehead atoms. The normalized spacial score (nSPS) is 28.3. The molecule has 3 rings (SSSR count). The van der Waals surface area contributed by atoms with Crippen molar-refractivity contribution in [2.45, 2.75) is 31.5 Å². The Morgan fingerprint density at radius 3 is 2.56 bits per heavy atom. The number of carbonyl (C=O) groups is 1. The molecule has 1 aliphatic heterocycles. The number of likely N-dealkylation sites (N-methyl/N-ethyl adjacent to an activating group) is 1. The monoisotopic (exact) mass is 367 g/mol. The number of hydrogen-bond donors (Lipinski definition) is 2. The Labute approximate surface area is 148 Å². The summed E-state index contributed by atoms with van der Waals surface area (Å²) < 4.78 is 31.4. The number of amides is 1. The summed E-state index contributed by atoms with van der Waals surface area (Å²) in [6.45, 7) is 2.32. The van der Waals surface area contributed by atoms with E-state index in [-0.39, 0.29) is 29.8 Å². The fraction of sp³-hybridized carbons (Fsp3) is 0.588. The van der Waals surface area contributed by atoms with E-state index < -0.39 is 10.0 Å². The maximum atomic E-state index is 12.5. The minimum absolute atomic E-state index is 0.00741. The van der Waals surface area contributed by atoms with Gasteiger partial charge in [-0.25, -0.2) is 8.42 Å². The molecule has 138 valence electrons. The van der Waals surface area contributed by atoms with E-state index in [1.54, 1.807) is 31.2 Å². The van der Waals surface area contributed by atoms with E-state index in [2.05, 4.69) is 14.9 Å². The quantitative estimate of drug-likeness (QED) is 0.780. The molecule has 4 atom stereocenters. The third-order valence-electron chi connectivity index (χ3n) is 5.04. The van der Waals surface area contributed by atoms with Crippen LogP contribution in [0.15, 0.2) is 24.3 Å². The maximum absolute atomic E-state index is 12.5. The predicted octanol–water partition coefficient (Wildman–Crippen LogP) is 0.896. The zero-order valence-corrected chi connectivity index (χ0v) is 15.5. The fourth-order valence-electron chi connectivity index (χ4n) is 3.66. The van der Waals surface area contributed by atoms with Gasteiger partial charge >= 0.3 is 0 Å². The van der Waals surface area contributed by atoms with E-state index in [0.717, 1.165) is 13.0 Å². The van der Waals surface area contributed by atoms with Crippen LogP contribution >= 0.6 is 0 Å². The molecule has 1 amide bonds. The Bertz CT molecular complexity index is 733. The molecule has 25 heavy (non-hydrogen) atoms. The van der Waals surface area contributed by atoms with Crippen molar-refractivity contribution in [3.63, 3.8) is 0 Å². The second-order valence-corrected chi connectivity index (χ2v) is 8.84. The van der Waals surface area contributed by atoms with Gasteiger partial charge in [0.15, 0.2) is 0 Å². The number of sulfonamides is 1. The van der Waals surface area contributed by atoms with E-state index in [9.17, 15) is 13.2 Å². The minimum Gasteiger partial charge on any atom is -0.376 e. The molecule has 2 N–H and O–H groups in total. The van der Waals surface area contributed by atoms with Gasteiger partial charge in [-0.3, -0.25) is 9.52 Å². The van der Waals surface area contributed by atoms with Crippen molar-refractivity contribution in [2.75, 3.05) is 31.2 Å². The van der Waals surface area contributed by atoms with Crippen LogP contribution in [0.5, 0.6) is 0 Å². The lowest BCUT2D eigenvalue weighted by Crippen LogP contribution is -2.69. The summed E-state index contributed by atoms with van der Waals surface area (Å²) in [7, 11) is 0.677. The van der Waals surface area contributed by atoms with Crippen molar-refractivity contribution in [1.29, 1.82) is 0 Å².